The molecule has 3 aromatic rings. The van der Waals surface area contributed by atoms with Crippen molar-refractivity contribution in [3.8, 4) is 10.4 Å². The highest BCUT2D eigenvalue weighted by Gasteiger charge is 2.43. The van der Waals surface area contributed by atoms with Crippen LogP contribution in [0.1, 0.15) is 59.7 Å². The first-order valence-corrected chi connectivity index (χ1v) is 14.2. The predicted octanol–water partition coefficient (Wildman–Crippen LogP) is 7.02. The van der Waals surface area contributed by atoms with Crippen LogP contribution < -0.4 is 10.2 Å². The number of nitrogens with zero attached hydrogens (tertiary/aromatic N) is 2. The first-order chi connectivity index (χ1) is 18.5. The number of methoxy groups -OCH3 is 1. The smallest absolute Gasteiger partial charge is 0.391 e. The third kappa shape index (κ3) is 6.50. The van der Waals surface area contributed by atoms with Gasteiger partial charge in [0.25, 0.3) is 5.91 Å². The Kier molecular flexibility index (Phi) is 8.75. The van der Waals surface area contributed by atoms with Gasteiger partial charge in [-0.25, -0.2) is 9.78 Å². The third-order valence-electron chi connectivity index (χ3n) is 6.73. The number of ether oxygens (including phenoxy) is 1. The number of nitrogens with one attached hydrogen (secondary N) is 1. The zero-order valence-corrected chi connectivity index (χ0v) is 23.2. The molecule has 39 heavy (non-hydrogen) atoms. The van der Waals surface area contributed by atoms with Gasteiger partial charge in [-0.15, -0.1) is 22.7 Å². The van der Waals surface area contributed by atoms with Crippen LogP contribution in [0.3, 0.4) is 0 Å². The fourth-order valence-corrected chi connectivity index (χ4v) is 6.30. The van der Waals surface area contributed by atoms with E-state index >= 15 is 0 Å². The first-order valence-electron chi connectivity index (χ1n) is 12.4. The number of carbonyl (C=O) groups is 3. The molecule has 4 rings (SSSR count). The van der Waals surface area contributed by atoms with Gasteiger partial charge in [-0.2, -0.15) is 13.2 Å². The van der Waals surface area contributed by atoms with Crippen molar-refractivity contribution < 1.29 is 32.3 Å². The maximum Gasteiger partial charge on any atom is 0.391 e. The van der Waals surface area contributed by atoms with Crippen LogP contribution in [0.25, 0.3) is 10.4 Å². The molecule has 2 amide bonds. The minimum Gasteiger partial charge on any atom is -0.465 e. The highest BCUT2D eigenvalue weighted by molar-refractivity contribution is 7.18. The summed E-state index contributed by atoms with van der Waals surface area (Å²) in [7, 11) is 1.26. The summed E-state index contributed by atoms with van der Waals surface area (Å²) in [5.41, 5.74) is 3.59. The molecule has 0 atom stereocenters. The lowest BCUT2D eigenvalue weighted by Gasteiger charge is -2.34. The first kappa shape index (κ1) is 28.8. The van der Waals surface area contributed by atoms with Gasteiger partial charge in [-0.05, 0) is 63.3 Å². The normalized spacial score (nSPS) is 17.6. The van der Waals surface area contributed by atoms with Crippen LogP contribution in [0.15, 0.2) is 41.2 Å². The van der Waals surface area contributed by atoms with Crippen molar-refractivity contribution in [3.05, 3.63) is 51.8 Å². The zero-order valence-electron chi connectivity index (χ0n) is 21.6. The van der Waals surface area contributed by atoms with Gasteiger partial charge in [0.1, 0.15) is 10.6 Å². The van der Waals surface area contributed by atoms with Crippen LogP contribution >= 0.6 is 22.7 Å². The van der Waals surface area contributed by atoms with Crippen molar-refractivity contribution in [3.63, 3.8) is 0 Å². The molecule has 0 saturated heterocycles. The average Bonchev–Trinajstić information content (AvgIpc) is 3.59. The summed E-state index contributed by atoms with van der Waals surface area (Å²) in [6.07, 6.45) is -4.15. The highest BCUT2D eigenvalue weighted by atomic mass is 32.1. The molecule has 1 N–H and O–H groups in total. The van der Waals surface area contributed by atoms with E-state index in [1.54, 1.807) is 55.1 Å². The Labute approximate surface area is 232 Å². The number of thiazole rings is 1. The van der Waals surface area contributed by atoms with Crippen molar-refractivity contribution in [1.29, 1.82) is 0 Å². The Bertz CT molecular complexity index is 1310. The molecule has 208 valence electrons. The molecule has 12 heteroatoms. The van der Waals surface area contributed by atoms with Gasteiger partial charge < -0.3 is 15.0 Å². The van der Waals surface area contributed by atoms with Crippen molar-refractivity contribution in [2.75, 3.05) is 17.3 Å². The van der Waals surface area contributed by atoms with Gasteiger partial charge >= 0.3 is 12.1 Å². The van der Waals surface area contributed by atoms with Crippen molar-refractivity contribution in [2.45, 2.75) is 51.7 Å². The average molecular weight is 580 g/mol. The fraction of sp³-hybridized carbons (Fsp3) is 0.407. The number of rotatable bonds is 7. The van der Waals surface area contributed by atoms with Gasteiger partial charge in [0, 0.05) is 27.9 Å². The number of thiophene rings is 1. The van der Waals surface area contributed by atoms with E-state index in [1.807, 2.05) is 0 Å². The topological polar surface area (TPSA) is 88.6 Å². The third-order valence-corrected chi connectivity index (χ3v) is 8.47. The minimum absolute atomic E-state index is 0.0874. The highest BCUT2D eigenvalue weighted by Crippen LogP contribution is 2.43. The minimum atomic E-state index is -4.26. The second-order valence-electron chi connectivity index (χ2n) is 9.61. The molecule has 0 unspecified atom stereocenters. The van der Waals surface area contributed by atoms with Crippen molar-refractivity contribution in [2.24, 2.45) is 11.8 Å². The number of halogens is 3. The van der Waals surface area contributed by atoms with E-state index in [-0.39, 0.29) is 48.4 Å². The molecule has 1 aliphatic carbocycles. The lowest BCUT2D eigenvalue weighted by atomic mass is 9.81. The number of amides is 2. The Balaban J connectivity index is 1.58. The number of alkyl halides is 3. The van der Waals surface area contributed by atoms with E-state index in [9.17, 15) is 27.6 Å². The second kappa shape index (κ2) is 11.9. The number of carbonyl (C=O) groups excluding carboxylic acids is 3. The van der Waals surface area contributed by atoms with Crippen LogP contribution in [-0.4, -0.2) is 42.1 Å². The van der Waals surface area contributed by atoms with E-state index in [1.165, 1.54) is 23.3 Å². The summed E-state index contributed by atoms with van der Waals surface area (Å²) in [6, 6.07) is 8.41. The Morgan fingerprint density at radius 3 is 2.31 bits per heavy atom. The van der Waals surface area contributed by atoms with E-state index in [0.717, 1.165) is 16.9 Å². The number of hydrogen-bond acceptors (Lipinski definition) is 7. The van der Waals surface area contributed by atoms with E-state index < -0.39 is 24.0 Å². The largest absolute Gasteiger partial charge is 0.465 e. The molecule has 7 nitrogen and oxygen atoms in total. The lowest BCUT2D eigenvalue weighted by Crippen LogP contribution is -2.43. The Hall–Kier alpha value is -3.25. The molecule has 2 heterocycles. The zero-order chi connectivity index (χ0) is 28.3. The molecule has 1 fully saturated rings. The molecule has 0 aliphatic heterocycles. The van der Waals surface area contributed by atoms with Crippen LogP contribution in [0.2, 0.25) is 0 Å². The maximum absolute atomic E-state index is 13.6. The molecular weight excluding hydrogens is 551 g/mol. The second-order valence-corrected chi connectivity index (χ2v) is 11.4. The van der Waals surface area contributed by atoms with Gasteiger partial charge in [0.05, 0.1) is 24.2 Å². The molecule has 2 aromatic heterocycles. The SMILES string of the molecule is COC(=O)c1sc(-c2ccc(NC(=O)c3cscn3)cc2)cc1N(C(=O)[C@H]1CC[C@H](C(F)(F)F)CC1)C(C)C. The van der Waals surface area contributed by atoms with Gasteiger partial charge in [-0.1, -0.05) is 12.1 Å². The molecule has 1 aromatic carbocycles. The fourth-order valence-electron chi connectivity index (χ4n) is 4.69. The van der Waals surface area contributed by atoms with E-state index in [2.05, 4.69) is 10.3 Å². The summed E-state index contributed by atoms with van der Waals surface area (Å²) in [6.45, 7) is 3.61. The number of aromatic nitrogens is 1. The summed E-state index contributed by atoms with van der Waals surface area (Å²) in [5, 5.41) is 4.42. The number of hydrogen-bond donors (Lipinski definition) is 1. The molecular formula is C27H28F3N3O4S2. The van der Waals surface area contributed by atoms with Crippen LogP contribution in [0.4, 0.5) is 24.5 Å². The van der Waals surface area contributed by atoms with E-state index in [4.69, 9.17) is 4.74 Å². The standard InChI is InChI=1S/C27H28F3N3O4S2/c1-15(2)33(25(35)17-4-8-18(9-5-17)27(28,29)30)21-12-22(39-23(21)26(36)37-3)16-6-10-19(11-7-16)32-24(34)20-13-38-14-31-20/h6-7,10-15,17-18H,4-5,8-9H2,1-3H3,(H,32,34)/t17-,18-. The van der Waals surface area contributed by atoms with E-state index in [0.29, 0.717) is 21.9 Å². The summed E-state index contributed by atoms with van der Waals surface area (Å²) < 4.78 is 44.4. The van der Waals surface area contributed by atoms with Crippen LogP contribution in [-0.2, 0) is 9.53 Å². The summed E-state index contributed by atoms with van der Waals surface area (Å²) in [4.78, 5) is 45.0. The Morgan fingerprint density at radius 1 is 1.10 bits per heavy atom. The van der Waals surface area contributed by atoms with Crippen LogP contribution in [0.5, 0.6) is 0 Å². The van der Waals surface area contributed by atoms with Gasteiger partial charge in [-0.3, -0.25) is 9.59 Å². The molecule has 1 aliphatic rings. The Morgan fingerprint density at radius 2 is 1.77 bits per heavy atom. The number of benzene rings is 1. The van der Waals surface area contributed by atoms with Crippen molar-refractivity contribution in [1.82, 2.24) is 4.98 Å². The summed E-state index contributed by atoms with van der Waals surface area (Å²) >= 11 is 2.48. The van der Waals surface area contributed by atoms with Crippen LogP contribution in [0, 0.1) is 11.8 Å². The monoisotopic (exact) mass is 579 g/mol. The predicted molar refractivity (Wildman–Crippen MR) is 145 cm³/mol. The quantitative estimate of drug-likeness (QED) is 0.304. The molecule has 0 bridgehead atoms. The maximum atomic E-state index is 13.6. The molecule has 0 spiro atoms. The number of anilines is 2. The van der Waals surface area contributed by atoms with Gasteiger partial charge in [0.2, 0.25) is 5.91 Å². The van der Waals surface area contributed by atoms with Crippen molar-refractivity contribution >= 4 is 51.8 Å². The lowest BCUT2D eigenvalue weighted by molar-refractivity contribution is -0.184. The van der Waals surface area contributed by atoms with Gasteiger partial charge in [0.15, 0.2) is 0 Å². The number of esters is 1. The molecule has 0 radical (unpaired) electrons. The molecule has 1 saturated carbocycles. The summed E-state index contributed by atoms with van der Waals surface area (Å²) in [5.74, 6) is -3.17.